The van der Waals surface area contributed by atoms with Crippen LogP contribution in [0.3, 0.4) is 0 Å². The third-order valence-corrected chi connectivity index (χ3v) is 14.6. The molecule has 0 bridgehead atoms. The molecule has 1 aromatic carbocycles. The zero-order valence-electron chi connectivity index (χ0n) is 57.3. The van der Waals surface area contributed by atoms with E-state index in [1.54, 1.807) is 0 Å². The highest BCUT2D eigenvalue weighted by atomic mass is 19.4. The Balaban J connectivity index is 0.856. The molecular weight excluding hydrogens is 1430 g/mol. The number of aliphatic hydroxyl groups excluding tert-OH is 4. The van der Waals surface area contributed by atoms with Crippen LogP contribution in [0.4, 0.5) is 55.3 Å². The molecule has 105 heavy (non-hydrogen) atoms. The van der Waals surface area contributed by atoms with Crippen molar-refractivity contribution in [2.45, 2.75) is 79.9 Å². The Kier molecular flexibility index (Phi) is 42.4. The molecule has 0 unspecified atom stereocenters. The summed E-state index contributed by atoms with van der Waals surface area (Å²) in [5.74, 6) is -1.95. The molecule has 0 spiro atoms. The Morgan fingerprint density at radius 1 is 0.495 bits per heavy atom. The zero-order chi connectivity index (χ0) is 76.1. The van der Waals surface area contributed by atoms with Gasteiger partial charge in [0.15, 0.2) is 0 Å². The molecule has 8 atom stereocenters. The van der Waals surface area contributed by atoms with E-state index in [0.29, 0.717) is 12.1 Å². The molecule has 594 valence electrons. The van der Waals surface area contributed by atoms with Crippen molar-refractivity contribution in [3.63, 3.8) is 0 Å². The minimum Gasteiger partial charge on any atom is -0.388 e. The number of anilines is 3. The van der Waals surface area contributed by atoms with Gasteiger partial charge in [0.2, 0.25) is 29.6 Å². The van der Waals surface area contributed by atoms with E-state index in [4.69, 9.17) is 71.1 Å². The van der Waals surface area contributed by atoms with Crippen LogP contribution in [0, 0.1) is 20.2 Å². The molecular formula is C61H92F6N12O26. The molecule has 3 aromatic rings. The van der Waals surface area contributed by atoms with Crippen molar-refractivity contribution < 1.29 is 142 Å². The SMILES string of the molecule is O=C(CCOCC(COCCC(=O)NCCOCCOCCOCCOC[C@H]1OC[C@H](Nc2nccc(C(F)(F)F)n2)[C@@H](O)[C@H]1O)NC(=O)COCCOCCOCCNc1ccc([N+](=O)[O-])cc1[N+](=O)[O-])NCCOCCOCCOCCOC[C@H]1OC[C@H](Nc2nccc(C(F)(F)F)n2)[C@@H](O)[C@H]1O. The molecule has 2 saturated heterocycles. The number of halogens is 6. The summed E-state index contributed by atoms with van der Waals surface area (Å²) in [5.41, 5.74) is -3.12. The average Bonchev–Trinajstić information content (AvgIpc) is 0.827. The topological polar surface area (TPSA) is 481 Å². The number of nitrogens with zero attached hydrogens (tertiary/aromatic N) is 6. The molecule has 0 aliphatic carbocycles. The van der Waals surface area contributed by atoms with Crippen molar-refractivity contribution in [2.75, 3.05) is 221 Å². The number of non-ortho nitro benzene ring substituents is 1. The van der Waals surface area contributed by atoms with Crippen LogP contribution in [0.1, 0.15) is 24.2 Å². The third kappa shape index (κ3) is 36.8. The maximum Gasteiger partial charge on any atom is 0.433 e. The van der Waals surface area contributed by atoms with Gasteiger partial charge in [-0.15, -0.1) is 0 Å². The molecule has 4 heterocycles. The van der Waals surface area contributed by atoms with Crippen LogP contribution in [-0.4, -0.2) is 327 Å². The monoisotopic (exact) mass is 1520 g/mol. The molecule has 2 aromatic heterocycles. The fourth-order valence-corrected chi connectivity index (χ4v) is 9.22. The summed E-state index contributed by atoms with van der Waals surface area (Å²) in [4.78, 5) is 73.0. The van der Waals surface area contributed by atoms with E-state index >= 15 is 0 Å². The summed E-state index contributed by atoms with van der Waals surface area (Å²) >= 11 is 0. The van der Waals surface area contributed by atoms with Gasteiger partial charge in [-0.1, -0.05) is 0 Å². The first-order valence-electron chi connectivity index (χ1n) is 33.3. The Hall–Kier alpha value is -7.19. The van der Waals surface area contributed by atoms with Gasteiger partial charge in [0.25, 0.3) is 11.4 Å². The van der Waals surface area contributed by atoms with Crippen LogP contribution in [0.5, 0.6) is 0 Å². The molecule has 44 heteroatoms. The van der Waals surface area contributed by atoms with Gasteiger partial charge in [0, 0.05) is 50.9 Å². The molecule has 38 nitrogen and oxygen atoms in total. The predicted molar refractivity (Wildman–Crippen MR) is 348 cm³/mol. The van der Waals surface area contributed by atoms with Gasteiger partial charge >= 0.3 is 12.4 Å². The quantitative estimate of drug-likeness (QED) is 0.0147. The van der Waals surface area contributed by atoms with Gasteiger partial charge in [0.05, 0.1) is 212 Å². The fourth-order valence-electron chi connectivity index (χ4n) is 9.22. The number of nitrogens with one attached hydrogen (secondary N) is 6. The summed E-state index contributed by atoms with van der Waals surface area (Å²) in [5, 5.41) is 80.5. The number of ether oxygens (including phenoxy) is 15. The van der Waals surface area contributed by atoms with Crippen LogP contribution < -0.4 is 31.9 Å². The van der Waals surface area contributed by atoms with Crippen LogP contribution in [0.25, 0.3) is 0 Å². The number of benzene rings is 1. The zero-order valence-corrected chi connectivity index (χ0v) is 57.3. The smallest absolute Gasteiger partial charge is 0.388 e. The van der Waals surface area contributed by atoms with Gasteiger partial charge < -0.3 is 123 Å². The number of aliphatic hydroxyl groups is 4. The van der Waals surface area contributed by atoms with E-state index in [1.807, 2.05) is 0 Å². The normalized spacial score (nSPS) is 19.1. The first kappa shape index (κ1) is 88.4. The molecule has 2 aliphatic heterocycles. The number of hydrogen-bond donors (Lipinski definition) is 10. The summed E-state index contributed by atoms with van der Waals surface area (Å²) in [7, 11) is 0. The van der Waals surface area contributed by atoms with Crippen molar-refractivity contribution in [2.24, 2.45) is 0 Å². The van der Waals surface area contributed by atoms with E-state index in [9.17, 15) is 81.4 Å². The number of alkyl halides is 6. The number of aromatic nitrogens is 4. The first-order chi connectivity index (χ1) is 50.5. The number of amides is 3. The summed E-state index contributed by atoms with van der Waals surface area (Å²) in [6.45, 7) is 2.97. The predicted octanol–water partition coefficient (Wildman–Crippen LogP) is -0.552. The Labute approximate surface area is 598 Å². The van der Waals surface area contributed by atoms with Crippen LogP contribution in [0.2, 0.25) is 0 Å². The molecule has 2 fully saturated rings. The van der Waals surface area contributed by atoms with Crippen molar-refractivity contribution in [3.05, 3.63) is 74.3 Å². The highest BCUT2D eigenvalue weighted by Crippen LogP contribution is 2.31. The Bertz CT molecular complexity index is 2840. The second kappa shape index (κ2) is 50.4. The standard InChI is InChI=1S/C61H92F6N12O26/c62-60(63,64)49-3-7-71-58(76-49)74-44-36-104-47(56(85)54(44)83)38-101-30-27-97-25-23-94-20-18-92-15-10-69-51(80)5-12-99-34-41(73-53(82)40-103-32-29-96-22-17-91-14-9-68-43-2-1-42(78(87)88)33-46(43)79(89)90)35-100-13-6-52(81)70-11-16-93-19-21-95-24-26-98-28-31-102-39-48-57(86)55(84)45(37-105-48)75-59-72-8-4-50(77-59)61(65,66)67/h1-4,7-8,33,41,44-45,47-48,54-57,68,83-86H,5-6,9-32,34-40H2,(H,69,80)(H,70,81)(H,73,82)(H,71,74,76)(H,72,75,77)/t44-,45-,47+,48+,54+,55+,56-,57-/m0/s1. The molecule has 10 N–H and O–H groups in total. The third-order valence-electron chi connectivity index (χ3n) is 14.6. The lowest BCUT2D eigenvalue weighted by Crippen LogP contribution is -2.57. The molecule has 0 radical (unpaired) electrons. The molecule has 3 amide bonds. The van der Waals surface area contributed by atoms with Crippen molar-refractivity contribution in [1.82, 2.24) is 35.9 Å². The average molecular weight is 1520 g/mol. The molecule has 5 rings (SSSR count). The second-order valence-electron chi connectivity index (χ2n) is 22.6. The summed E-state index contributed by atoms with van der Waals surface area (Å²) < 4.78 is 161. The van der Waals surface area contributed by atoms with Crippen LogP contribution in [-0.2, 0) is 97.8 Å². The Morgan fingerprint density at radius 2 is 0.886 bits per heavy atom. The van der Waals surface area contributed by atoms with Crippen molar-refractivity contribution in [3.8, 4) is 0 Å². The van der Waals surface area contributed by atoms with Crippen LogP contribution >= 0.6 is 0 Å². The second-order valence-corrected chi connectivity index (χ2v) is 22.6. The highest BCUT2D eigenvalue weighted by molar-refractivity contribution is 5.77. The lowest BCUT2D eigenvalue weighted by molar-refractivity contribution is -0.393. The van der Waals surface area contributed by atoms with E-state index in [2.05, 4.69) is 51.8 Å². The fraction of sp³-hybridized carbons (Fsp3) is 0.721. The number of nitro groups is 2. The largest absolute Gasteiger partial charge is 0.433 e. The van der Waals surface area contributed by atoms with Crippen molar-refractivity contribution in [1.29, 1.82) is 0 Å². The number of carbonyl (C=O) groups is 3. The van der Waals surface area contributed by atoms with Gasteiger partial charge in [-0.3, -0.25) is 34.6 Å². The number of carbonyl (C=O) groups excluding carboxylic acids is 3. The van der Waals surface area contributed by atoms with Crippen LogP contribution in [0.15, 0.2) is 42.7 Å². The van der Waals surface area contributed by atoms with E-state index in [0.717, 1.165) is 24.5 Å². The van der Waals surface area contributed by atoms with E-state index in [1.165, 1.54) is 6.07 Å². The number of nitro benzene ring substituents is 2. The maximum atomic E-state index is 13.0. The number of rotatable bonds is 57. The van der Waals surface area contributed by atoms with Crippen molar-refractivity contribution >= 4 is 46.7 Å². The summed E-state index contributed by atoms with van der Waals surface area (Å²) in [6, 6.07) is 1.96. The van der Waals surface area contributed by atoms with Gasteiger partial charge in [-0.05, 0) is 18.2 Å². The van der Waals surface area contributed by atoms with Gasteiger partial charge in [-0.25, -0.2) is 19.9 Å². The molecule has 0 saturated carbocycles. The maximum absolute atomic E-state index is 13.0. The minimum absolute atomic E-state index is 0.0180. The number of hydrogen-bond acceptors (Lipinski definition) is 33. The lowest BCUT2D eigenvalue weighted by Gasteiger charge is -2.37. The minimum atomic E-state index is -4.69. The van der Waals surface area contributed by atoms with E-state index in [-0.39, 0.29) is 247 Å². The lowest BCUT2D eigenvalue weighted by atomic mass is 9.98. The highest BCUT2D eigenvalue weighted by Gasteiger charge is 2.41. The first-order valence-corrected chi connectivity index (χ1v) is 33.3. The summed E-state index contributed by atoms with van der Waals surface area (Å²) in [6.07, 6.45) is -15.1. The van der Waals surface area contributed by atoms with E-state index < -0.39 is 106 Å². The molecule has 2 aliphatic rings. The van der Waals surface area contributed by atoms with Gasteiger partial charge in [0.1, 0.15) is 60.3 Å². The van der Waals surface area contributed by atoms with Gasteiger partial charge in [-0.2, -0.15) is 26.3 Å². The Morgan fingerprint density at radius 3 is 1.29 bits per heavy atom.